The van der Waals surface area contributed by atoms with Crippen molar-refractivity contribution in [3.05, 3.63) is 0 Å². The molecule has 0 rings (SSSR count). The van der Waals surface area contributed by atoms with Crippen molar-refractivity contribution < 1.29 is 0 Å². The van der Waals surface area contributed by atoms with Crippen LogP contribution in [0, 0.1) is 0 Å². The third-order valence-corrected chi connectivity index (χ3v) is 0.901. The van der Waals surface area contributed by atoms with Crippen molar-refractivity contribution in [2.45, 2.75) is 18.3 Å². The van der Waals surface area contributed by atoms with Crippen molar-refractivity contribution in [2.75, 3.05) is 0 Å². The second-order valence-corrected chi connectivity index (χ2v) is 2.13. The number of rotatable bonds is 1. The summed E-state index contributed by atoms with van der Waals surface area (Å²) in [7, 11) is 0. The summed E-state index contributed by atoms with van der Waals surface area (Å²) < 4.78 is 0. The third-order valence-electron chi connectivity index (χ3n) is 0.557. The molecule has 0 aromatic heterocycles. The van der Waals surface area contributed by atoms with Crippen LogP contribution in [0.25, 0.3) is 0 Å². The van der Waals surface area contributed by atoms with E-state index in [1.807, 2.05) is 6.92 Å². The minimum atomic E-state index is -0.284. The topological polar surface area (TPSA) is 52.0 Å². The Hall–Kier alpha value is 0.270. The van der Waals surface area contributed by atoms with E-state index in [0.717, 1.165) is 0 Å². The highest BCUT2D eigenvalue weighted by Crippen LogP contribution is 1.89. The van der Waals surface area contributed by atoms with Crippen LogP contribution >= 0.6 is 12.6 Å². The van der Waals surface area contributed by atoms with E-state index in [1.54, 1.807) is 0 Å². The van der Waals surface area contributed by atoms with Crippen LogP contribution in [-0.4, -0.2) is 11.4 Å². The van der Waals surface area contributed by atoms with Gasteiger partial charge in [-0.05, 0) is 0 Å². The molecule has 0 fully saturated rings. The first-order valence-corrected chi connectivity index (χ1v) is 2.35. The Balaban J connectivity index is 2.99. The predicted molar refractivity (Wildman–Crippen MR) is 30.6 cm³/mol. The van der Waals surface area contributed by atoms with Crippen LogP contribution in [0.2, 0.25) is 0 Å². The van der Waals surface area contributed by atoms with Gasteiger partial charge < -0.3 is 11.5 Å². The van der Waals surface area contributed by atoms with Gasteiger partial charge in [0, 0.05) is 5.25 Å². The lowest BCUT2D eigenvalue weighted by Gasteiger charge is -2.05. The van der Waals surface area contributed by atoms with E-state index in [4.69, 9.17) is 11.5 Å². The van der Waals surface area contributed by atoms with Crippen LogP contribution in [0.5, 0.6) is 0 Å². The molecule has 0 aromatic rings. The minimum absolute atomic E-state index is 0.102. The first-order valence-electron chi connectivity index (χ1n) is 1.84. The molecule has 0 heterocycles. The zero-order valence-corrected chi connectivity index (χ0v) is 4.65. The van der Waals surface area contributed by atoms with Gasteiger partial charge in [-0.25, -0.2) is 0 Å². The van der Waals surface area contributed by atoms with Crippen molar-refractivity contribution in [1.29, 1.82) is 0 Å². The van der Waals surface area contributed by atoms with Crippen LogP contribution in [0.15, 0.2) is 0 Å². The molecule has 1 atom stereocenters. The maximum absolute atomic E-state index is 5.14. The van der Waals surface area contributed by atoms with Gasteiger partial charge in [-0.2, -0.15) is 12.6 Å². The Morgan fingerprint density at radius 3 is 1.67 bits per heavy atom. The highest BCUT2D eigenvalue weighted by Gasteiger charge is 1.97. The quantitative estimate of drug-likeness (QED) is 0.313. The summed E-state index contributed by atoms with van der Waals surface area (Å²) in [5.74, 6) is 0. The van der Waals surface area contributed by atoms with Gasteiger partial charge in [0.1, 0.15) is 0 Å². The maximum atomic E-state index is 5.14. The number of hydrogen-bond donors (Lipinski definition) is 3. The zero-order valence-electron chi connectivity index (χ0n) is 3.76. The van der Waals surface area contributed by atoms with Gasteiger partial charge in [0.05, 0.1) is 6.17 Å². The summed E-state index contributed by atoms with van der Waals surface area (Å²) in [5, 5.41) is 0.102. The van der Waals surface area contributed by atoms with Crippen molar-refractivity contribution in [1.82, 2.24) is 0 Å². The summed E-state index contributed by atoms with van der Waals surface area (Å²) in [6.07, 6.45) is -0.284. The van der Waals surface area contributed by atoms with E-state index in [0.29, 0.717) is 0 Å². The van der Waals surface area contributed by atoms with Gasteiger partial charge in [0.25, 0.3) is 0 Å². The average Bonchev–Trinajstić information content (AvgIpc) is 1.36. The molecule has 0 amide bonds. The molecule has 4 N–H and O–H groups in total. The molecule has 38 valence electrons. The molecule has 1 unspecified atom stereocenters. The Morgan fingerprint density at radius 2 is 1.67 bits per heavy atom. The molecule has 0 bridgehead atoms. The zero-order chi connectivity index (χ0) is 5.15. The molecular weight excluding hydrogens is 96.1 g/mol. The van der Waals surface area contributed by atoms with E-state index >= 15 is 0 Å². The summed E-state index contributed by atoms with van der Waals surface area (Å²) in [4.78, 5) is 0. The first kappa shape index (κ1) is 6.27. The van der Waals surface area contributed by atoms with Crippen LogP contribution in [0.3, 0.4) is 0 Å². The standard InChI is InChI=1S/C3H10N2S/c1-2(6)3(4)5/h2-3,6H,4-5H2,1H3. The fourth-order valence-corrected chi connectivity index (χ4v) is 0. The molecule has 0 saturated carbocycles. The number of hydrogen-bond acceptors (Lipinski definition) is 3. The lowest BCUT2D eigenvalue weighted by Crippen LogP contribution is -2.37. The molecule has 0 aliphatic heterocycles. The number of thiol groups is 1. The summed E-state index contributed by atoms with van der Waals surface area (Å²) in [5.41, 5.74) is 10.3. The molecule has 0 aliphatic rings. The Labute approximate surface area is 43.3 Å². The van der Waals surface area contributed by atoms with E-state index < -0.39 is 0 Å². The van der Waals surface area contributed by atoms with Crippen LogP contribution in [0.1, 0.15) is 6.92 Å². The van der Waals surface area contributed by atoms with Gasteiger partial charge >= 0.3 is 0 Å². The molecule has 0 radical (unpaired) electrons. The van der Waals surface area contributed by atoms with E-state index in [-0.39, 0.29) is 11.4 Å². The van der Waals surface area contributed by atoms with E-state index in [9.17, 15) is 0 Å². The molecule has 0 saturated heterocycles. The Kier molecular flexibility index (Phi) is 2.55. The highest BCUT2D eigenvalue weighted by molar-refractivity contribution is 7.81. The van der Waals surface area contributed by atoms with Gasteiger partial charge in [-0.3, -0.25) is 0 Å². The first-order chi connectivity index (χ1) is 2.64. The SMILES string of the molecule is CC(S)C(N)N. The number of nitrogens with two attached hydrogens (primary N) is 2. The average molecular weight is 106 g/mol. The van der Waals surface area contributed by atoms with Gasteiger partial charge in [-0.15, -0.1) is 0 Å². The minimum Gasteiger partial charge on any atom is -0.315 e. The summed E-state index contributed by atoms with van der Waals surface area (Å²) in [6, 6.07) is 0. The van der Waals surface area contributed by atoms with Crippen LogP contribution in [-0.2, 0) is 0 Å². The largest absolute Gasteiger partial charge is 0.315 e. The molecule has 0 spiro atoms. The summed E-state index contributed by atoms with van der Waals surface area (Å²) in [6.45, 7) is 1.85. The van der Waals surface area contributed by atoms with Gasteiger partial charge in [0.15, 0.2) is 0 Å². The van der Waals surface area contributed by atoms with Crippen LogP contribution < -0.4 is 11.5 Å². The molecule has 0 aliphatic carbocycles. The monoisotopic (exact) mass is 106 g/mol. The van der Waals surface area contributed by atoms with Gasteiger partial charge in [-0.1, -0.05) is 6.92 Å². The van der Waals surface area contributed by atoms with Crippen molar-refractivity contribution in [3.63, 3.8) is 0 Å². The smallest absolute Gasteiger partial charge is 0.0638 e. The van der Waals surface area contributed by atoms with E-state index in [1.165, 1.54) is 0 Å². The lowest BCUT2D eigenvalue weighted by atomic mass is 10.4. The maximum Gasteiger partial charge on any atom is 0.0638 e. The lowest BCUT2D eigenvalue weighted by molar-refractivity contribution is 0.701. The Morgan fingerprint density at radius 1 is 1.50 bits per heavy atom. The normalized spacial score (nSPS) is 15.5. The molecule has 0 aromatic carbocycles. The van der Waals surface area contributed by atoms with Crippen molar-refractivity contribution in [3.8, 4) is 0 Å². The fraction of sp³-hybridized carbons (Fsp3) is 1.00. The highest BCUT2D eigenvalue weighted by atomic mass is 32.1. The predicted octanol–water partition coefficient (Wildman–Crippen LogP) is -0.452. The molecule has 3 heteroatoms. The Bertz CT molecular complexity index is 29.8. The van der Waals surface area contributed by atoms with Gasteiger partial charge in [0.2, 0.25) is 0 Å². The molecule has 6 heavy (non-hydrogen) atoms. The third kappa shape index (κ3) is 2.50. The van der Waals surface area contributed by atoms with E-state index in [2.05, 4.69) is 12.6 Å². The van der Waals surface area contributed by atoms with Crippen molar-refractivity contribution in [2.24, 2.45) is 11.5 Å². The summed E-state index contributed by atoms with van der Waals surface area (Å²) >= 11 is 3.94. The molecule has 2 nitrogen and oxygen atoms in total. The fourth-order valence-electron chi connectivity index (χ4n) is 0. The van der Waals surface area contributed by atoms with Crippen molar-refractivity contribution >= 4 is 12.6 Å². The second-order valence-electron chi connectivity index (χ2n) is 1.32. The second kappa shape index (κ2) is 2.44. The van der Waals surface area contributed by atoms with Crippen LogP contribution in [0.4, 0.5) is 0 Å². The molecular formula is C3H10N2S.